The number of esters is 2. The van der Waals surface area contributed by atoms with Gasteiger partial charge < -0.3 is 39.8 Å². The highest BCUT2D eigenvalue weighted by atomic mass is 16.6. The zero-order valence-electron chi connectivity index (χ0n) is 26.8. The lowest BCUT2D eigenvalue weighted by molar-refractivity contribution is -0.158. The van der Waals surface area contributed by atoms with Crippen molar-refractivity contribution in [2.45, 2.75) is 143 Å². The molecule has 0 aromatic heterocycles. The van der Waals surface area contributed by atoms with E-state index in [1.165, 1.54) is 0 Å². The Bertz CT molecular complexity index is 860. The van der Waals surface area contributed by atoms with Gasteiger partial charge in [-0.2, -0.15) is 0 Å². The highest BCUT2D eigenvalue weighted by molar-refractivity contribution is 5.82. The van der Waals surface area contributed by atoms with Gasteiger partial charge in [-0.3, -0.25) is 4.79 Å². The molecule has 4 N–H and O–H groups in total. The summed E-state index contributed by atoms with van der Waals surface area (Å²) < 4.78 is 20.6. The average molecular weight is 593 g/mol. The van der Waals surface area contributed by atoms with Crippen LogP contribution in [0, 0.1) is 0 Å². The largest absolute Gasteiger partial charge is 0.481 e. The molecule has 0 heterocycles. The van der Waals surface area contributed by atoms with Gasteiger partial charge in [0.15, 0.2) is 0 Å². The second kappa shape index (κ2) is 17.0. The van der Waals surface area contributed by atoms with E-state index in [0.717, 1.165) is 0 Å². The fourth-order valence-electron chi connectivity index (χ4n) is 2.71. The first-order valence-corrected chi connectivity index (χ1v) is 13.5. The summed E-state index contributed by atoms with van der Waals surface area (Å²) in [7, 11) is 0. The lowest BCUT2D eigenvalue weighted by Crippen LogP contribution is -2.46. The van der Waals surface area contributed by atoms with Gasteiger partial charge in [0, 0.05) is 13.0 Å². The number of nitrogens with one attached hydrogen (secondary N) is 2. The molecule has 0 fully saturated rings. The molecule has 0 aromatic rings. The molecule has 0 unspecified atom stereocenters. The molecule has 2 amide bonds. The number of aliphatic carboxylic acids is 1. The van der Waals surface area contributed by atoms with Gasteiger partial charge in [-0.25, -0.2) is 19.2 Å². The highest BCUT2D eigenvalue weighted by Crippen LogP contribution is 2.14. The number of rotatable bonds is 10. The third-order valence-electron chi connectivity index (χ3n) is 4.06. The van der Waals surface area contributed by atoms with Crippen LogP contribution in [0.15, 0.2) is 0 Å². The summed E-state index contributed by atoms with van der Waals surface area (Å²) in [5.41, 5.74) is -2.72. The van der Waals surface area contributed by atoms with Crippen LogP contribution in [0.2, 0.25) is 0 Å². The summed E-state index contributed by atoms with van der Waals surface area (Å²) in [6, 6.07) is -1.88. The van der Waals surface area contributed by atoms with Crippen LogP contribution in [0.3, 0.4) is 0 Å². The highest BCUT2D eigenvalue weighted by Gasteiger charge is 2.30. The topological polar surface area (TPSA) is 187 Å². The molecule has 13 nitrogen and oxygen atoms in total. The first-order valence-electron chi connectivity index (χ1n) is 13.5. The smallest absolute Gasteiger partial charge is 0.408 e. The van der Waals surface area contributed by atoms with Gasteiger partial charge in [-0.15, -0.1) is 0 Å². The number of alkyl carbamates (subject to hydrolysis) is 2. The van der Waals surface area contributed by atoms with Crippen molar-refractivity contribution in [1.29, 1.82) is 0 Å². The van der Waals surface area contributed by atoms with Gasteiger partial charge in [0.2, 0.25) is 0 Å². The minimum absolute atomic E-state index is 0.0602. The van der Waals surface area contributed by atoms with Crippen molar-refractivity contribution in [3.8, 4) is 0 Å². The number of ether oxygens (including phenoxy) is 4. The van der Waals surface area contributed by atoms with Crippen molar-refractivity contribution in [3.63, 3.8) is 0 Å². The molecular weight excluding hydrogens is 540 g/mol. The number of carboxylic acids is 1. The van der Waals surface area contributed by atoms with Crippen molar-refractivity contribution in [1.82, 2.24) is 10.6 Å². The second-order valence-electron chi connectivity index (χ2n) is 13.3. The molecule has 0 saturated carbocycles. The van der Waals surface area contributed by atoms with Gasteiger partial charge in [-0.1, -0.05) is 0 Å². The maximum atomic E-state index is 12.0. The van der Waals surface area contributed by atoms with Crippen LogP contribution < -0.4 is 10.6 Å². The van der Waals surface area contributed by atoms with E-state index in [0.29, 0.717) is 12.8 Å². The Kier molecular flexibility index (Phi) is 16.6. The quantitative estimate of drug-likeness (QED) is 0.211. The van der Waals surface area contributed by atoms with Crippen LogP contribution >= 0.6 is 0 Å². The molecular formula is C28H52N2O11. The predicted octanol–water partition coefficient (Wildman–Crippen LogP) is 4.08. The lowest BCUT2D eigenvalue weighted by Gasteiger charge is -2.26. The van der Waals surface area contributed by atoms with Crippen molar-refractivity contribution in [2.24, 2.45) is 0 Å². The molecule has 240 valence electrons. The van der Waals surface area contributed by atoms with E-state index >= 15 is 0 Å². The molecule has 0 aliphatic rings. The predicted molar refractivity (Wildman–Crippen MR) is 151 cm³/mol. The molecule has 0 bridgehead atoms. The first kappa shape index (κ1) is 40.1. The summed E-state index contributed by atoms with van der Waals surface area (Å²) in [4.78, 5) is 58.0. The van der Waals surface area contributed by atoms with Gasteiger partial charge in [0.05, 0.1) is 0 Å². The summed E-state index contributed by atoms with van der Waals surface area (Å²) >= 11 is 0. The van der Waals surface area contributed by atoms with E-state index in [4.69, 9.17) is 29.2 Å². The first-order chi connectivity index (χ1) is 18.2. The lowest BCUT2D eigenvalue weighted by atomic mass is 10.1. The fourth-order valence-corrected chi connectivity index (χ4v) is 2.71. The normalized spacial score (nSPS) is 13.4. The summed E-state index contributed by atoms with van der Waals surface area (Å²) in [5.74, 6) is -2.28. The van der Waals surface area contributed by atoms with E-state index in [1.54, 1.807) is 83.1 Å². The number of hydrogen-bond donors (Lipinski definition) is 4. The molecule has 0 aliphatic carbocycles. The third-order valence-corrected chi connectivity index (χ3v) is 4.06. The van der Waals surface area contributed by atoms with E-state index < -0.39 is 64.6 Å². The number of aliphatic hydroxyl groups excluding tert-OH is 1. The molecule has 41 heavy (non-hydrogen) atoms. The Morgan fingerprint density at radius 1 is 0.585 bits per heavy atom. The Hall–Kier alpha value is -3.09. The maximum absolute atomic E-state index is 12.0. The molecule has 0 aliphatic heterocycles. The minimum atomic E-state index is -1.06. The molecule has 2 atom stereocenters. The third kappa shape index (κ3) is 25.6. The summed E-state index contributed by atoms with van der Waals surface area (Å²) in [5, 5.41) is 22.4. The number of carbonyl (C=O) groups excluding carboxylic acids is 4. The summed E-state index contributed by atoms with van der Waals surface area (Å²) in [6.07, 6.45) is -1.11. The van der Waals surface area contributed by atoms with Crippen LogP contribution in [0.25, 0.3) is 0 Å². The van der Waals surface area contributed by atoms with Gasteiger partial charge in [0.1, 0.15) is 34.5 Å². The zero-order chi connectivity index (χ0) is 32.8. The van der Waals surface area contributed by atoms with Crippen LogP contribution in [0.4, 0.5) is 9.59 Å². The molecule has 0 aromatic carbocycles. The zero-order valence-corrected chi connectivity index (χ0v) is 26.8. The number of amides is 2. The van der Waals surface area contributed by atoms with Crippen molar-refractivity contribution in [2.75, 3.05) is 6.61 Å². The van der Waals surface area contributed by atoms with Gasteiger partial charge in [-0.05, 0) is 102 Å². The fraction of sp³-hybridized carbons (Fsp3) is 0.821. The minimum Gasteiger partial charge on any atom is -0.481 e. The second-order valence-corrected chi connectivity index (χ2v) is 13.3. The molecule has 0 radical (unpaired) electrons. The van der Waals surface area contributed by atoms with Gasteiger partial charge >= 0.3 is 30.1 Å². The van der Waals surface area contributed by atoms with E-state index in [1.807, 2.05) is 0 Å². The van der Waals surface area contributed by atoms with Crippen LogP contribution in [0.1, 0.15) is 109 Å². The van der Waals surface area contributed by atoms with Crippen molar-refractivity contribution in [3.05, 3.63) is 0 Å². The average Bonchev–Trinajstić information content (AvgIpc) is 2.69. The molecule has 0 spiro atoms. The maximum Gasteiger partial charge on any atom is 0.408 e. The van der Waals surface area contributed by atoms with Crippen LogP contribution in [-0.4, -0.2) is 81.4 Å². The molecule has 0 rings (SSSR count). The SMILES string of the molecule is CC(C)(C)OC(=O)N[C@@H](CCC(=O)O)C(=O)OC(C)(C)C.CC(C)(C)OC(=O)N[C@@H](CCCO)C(=O)OC(C)(C)C. The standard InChI is InChI=1S/C14H25NO6.C14H27NO5/c1-13(2,3)20-11(18)9(7-8-10(16)17)15-12(19)21-14(4,5)6;1-13(2,3)19-11(17)10(8-7-9-16)15-12(18)20-14(4,5)6/h9H,7-8H2,1-6H3,(H,15,19)(H,16,17);10,16H,7-9H2,1-6H3,(H,15,18)/t9-;10-/m00/s1. The Balaban J connectivity index is 0. The molecule has 0 saturated heterocycles. The molecule has 13 heteroatoms. The van der Waals surface area contributed by atoms with Gasteiger partial charge in [0.25, 0.3) is 0 Å². The monoisotopic (exact) mass is 592 g/mol. The van der Waals surface area contributed by atoms with Crippen LogP contribution in [-0.2, 0) is 33.3 Å². The van der Waals surface area contributed by atoms with Crippen molar-refractivity contribution < 1.29 is 53.1 Å². The number of carbonyl (C=O) groups is 5. The summed E-state index contributed by atoms with van der Waals surface area (Å²) in [6.45, 7) is 20.5. The number of hydrogen-bond acceptors (Lipinski definition) is 10. The van der Waals surface area contributed by atoms with E-state index in [-0.39, 0.29) is 19.4 Å². The Labute approximate surface area is 244 Å². The number of aliphatic hydroxyl groups is 1. The van der Waals surface area contributed by atoms with E-state index in [9.17, 15) is 24.0 Å². The van der Waals surface area contributed by atoms with Crippen molar-refractivity contribution >= 4 is 30.1 Å². The Morgan fingerprint density at radius 2 is 0.902 bits per heavy atom. The Morgan fingerprint density at radius 3 is 1.17 bits per heavy atom. The van der Waals surface area contributed by atoms with Crippen LogP contribution in [0.5, 0.6) is 0 Å². The number of carboxylic acid groups (broad SMARTS) is 1. The van der Waals surface area contributed by atoms with E-state index in [2.05, 4.69) is 10.6 Å².